The van der Waals surface area contributed by atoms with Crippen molar-refractivity contribution in [3.05, 3.63) is 36.4 Å². The molecule has 2 rings (SSSR count). The minimum atomic E-state index is -3.37. The number of carbonyl (C=O) groups excluding carboxylic acids is 3. The van der Waals surface area contributed by atoms with E-state index in [1.54, 1.807) is 13.8 Å². The lowest BCUT2D eigenvalue weighted by atomic mass is 10.3. The first-order valence-corrected chi connectivity index (χ1v) is 13.2. The fraction of sp³-hybridized carbons (Fsp3) is 0.522. The number of urea groups is 1. The number of nitrogens with zero attached hydrogens (tertiary/aromatic N) is 3. The first-order chi connectivity index (χ1) is 16.5. The predicted molar refractivity (Wildman–Crippen MR) is 127 cm³/mol. The number of hydrogen-bond donors (Lipinski definition) is 0. The molecule has 12 heteroatoms. The Labute approximate surface area is 206 Å². The summed E-state index contributed by atoms with van der Waals surface area (Å²) in [7, 11) is -3.37. The summed E-state index contributed by atoms with van der Waals surface area (Å²) in [4.78, 5) is 46.6. The van der Waals surface area contributed by atoms with Crippen molar-refractivity contribution in [1.82, 2.24) is 14.9 Å². The third kappa shape index (κ3) is 8.25. The molecule has 0 N–H and O–H groups in total. The van der Waals surface area contributed by atoms with Crippen LogP contribution < -0.4 is 4.74 Å². The van der Waals surface area contributed by atoms with Crippen LogP contribution in [0.15, 0.2) is 41.3 Å². The average molecular weight is 512 g/mol. The van der Waals surface area contributed by atoms with Crippen molar-refractivity contribution in [2.75, 3.05) is 39.0 Å². The van der Waals surface area contributed by atoms with Gasteiger partial charge in [0.05, 0.1) is 11.4 Å². The summed E-state index contributed by atoms with van der Waals surface area (Å²) in [5, 5.41) is 0.956. The lowest BCUT2D eigenvalue weighted by Crippen LogP contribution is -2.56. The monoisotopic (exact) mass is 511 g/mol. The number of esters is 1. The molecule has 1 aromatic rings. The van der Waals surface area contributed by atoms with Crippen molar-refractivity contribution < 1.29 is 37.1 Å². The van der Waals surface area contributed by atoms with Crippen LogP contribution in [0.3, 0.4) is 0 Å². The van der Waals surface area contributed by atoms with E-state index in [-0.39, 0.29) is 18.0 Å². The van der Waals surface area contributed by atoms with Gasteiger partial charge in [0.25, 0.3) is 0 Å². The van der Waals surface area contributed by atoms with E-state index in [4.69, 9.17) is 14.3 Å². The highest BCUT2D eigenvalue weighted by atomic mass is 32.2. The molecular formula is C23H33N3O8S. The molecule has 0 aromatic heterocycles. The van der Waals surface area contributed by atoms with Crippen LogP contribution in [0.5, 0.6) is 5.75 Å². The Morgan fingerprint density at radius 1 is 1.03 bits per heavy atom. The van der Waals surface area contributed by atoms with Crippen LogP contribution in [0.2, 0.25) is 0 Å². The maximum Gasteiger partial charge on any atom is 0.356 e. The number of hydroxylamine groups is 2. The van der Waals surface area contributed by atoms with Crippen molar-refractivity contribution in [2.24, 2.45) is 0 Å². The zero-order valence-corrected chi connectivity index (χ0v) is 21.5. The summed E-state index contributed by atoms with van der Waals surface area (Å²) in [6, 6.07) is 4.62. The van der Waals surface area contributed by atoms with E-state index in [9.17, 15) is 22.8 Å². The summed E-state index contributed by atoms with van der Waals surface area (Å²) in [6.07, 6.45) is 1.77. The van der Waals surface area contributed by atoms with Crippen molar-refractivity contribution in [3.8, 4) is 5.75 Å². The summed E-state index contributed by atoms with van der Waals surface area (Å²) >= 11 is 0. The van der Waals surface area contributed by atoms with Gasteiger partial charge in [0.15, 0.2) is 9.84 Å². The van der Waals surface area contributed by atoms with Gasteiger partial charge in [-0.1, -0.05) is 13.8 Å². The van der Waals surface area contributed by atoms with Crippen molar-refractivity contribution in [1.29, 1.82) is 0 Å². The van der Waals surface area contributed by atoms with Crippen molar-refractivity contribution in [3.63, 3.8) is 0 Å². The predicted octanol–water partition coefficient (Wildman–Crippen LogP) is 1.84. The molecule has 2 amide bonds. The van der Waals surface area contributed by atoms with Crippen molar-refractivity contribution in [2.45, 2.75) is 44.9 Å². The standard InChI is InChI=1S/C23H33N3O8S/c1-6-24(7-2)14-15-25-23(29)26(17(3)4)20(33-21(27)12-13-22(28)34-25)16-32-18-8-10-19(11-9-18)35(5,30)31/h8-13,17,20H,6-7,14-16H2,1-5H3/b13-12+. The largest absolute Gasteiger partial charge is 0.488 e. The van der Waals surface area contributed by atoms with Crippen LogP contribution in [0.4, 0.5) is 4.79 Å². The Kier molecular flexibility index (Phi) is 10.1. The highest BCUT2D eigenvalue weighted by Crippen LogP contribution is 2.19. The van der Waals surface area contributed by atoms with Gasteiger partial charge in [0, 0.05) is 31.0 Å². The van der Waals surface area contributed by atoms with E-state index < -0.39 is 40.1 Å². The Morgan fingerprint density at radius 2 is 1.63 bits per heavy atom. The number of ether oxygens (including phenoxy) is 2. The smallest absolute Gasteiger partial charge is 0.356 e. The number of benzene rings is 1. The van der Waals surface area contributed by atoms with Crippen LogP contribution in [0.25, 0.3) is 0 Å². The molecule has 1 atom stereocenters. The summed E-state index contributed by atoms with van der Waals surface area (Å²) in [5.74, 6) is -1.40. The molecule has 1 aliphatic heterocycles. The molecule has 0 radical (unpaired) electrons. The molecule has 11 nitrogen and oxygen atoms in total. The zero-order chi connectivity index (χ0) is 26.2. The number of hydrogen-bond acceptors (Lipinski definition) is 9. The number of sulfone groups is 1. The van der Waals surface area contributed by atoms with E-state index in [1.807, 2.05) is 13.8 Å². The fourth-order valence-corrected chi connectivity index (χ4v) is 3.96. The zero-order valence-electron chi connectivity index (χ0n) is 20.7. The van der Waals surface area contributed by atoms with E-state index in [0.717, 1.165) is 36.6 Å². The average Bonchev–Trinajstić information content (AvgIpc) is 2.80. The van der Waals surface area contributed by atoms with E-state index in [1.165, 1.54) is 29.2 Å². The second-order valence-electron chi connectivity index (χ2n) is 8.10. The van der Waals surface area contributed by atoms with Crippen molar-refractivity contribution >= 4 is 27.8 Å². The lowest BCUT2D eigenvalue weighted by molar-refractivity contribution is -0.181. The van der Waals surface area contributed by atoms with Gasteiger partial charge in [0.2, 0.25) is 6.23 Å². The summed E-state index contributed by atoms with van der Waals surface area (Å²) < 4.78 is 34.5. The van der Waals surface area contributed by atoms with Gasteiger partial charge in [-0.15, -0.1) is 0 Å². The molecule has 35 heavy (non-hydrogen) atoms. The quantitative estimate of drug-likeness (QED) is 0.433. The molecule has 0 fully saturated rings. The highest BCUT2D eigenvalue weighted by molar-refractivity contribution is 7.90. The molecule has 1 aromatic carbocycles. The Balaban J connectivity index is 2.29. The number of amides is 2. The second-order valence-corrected chi connectivity index (χ2v) is 10.1. The Hall–Kier alpha value is -3.12. The summed E-state index contributed by atoms with van der Waals surface area (Å²) in [5.41, 5.74) is 0. The summed E-state index contributed by atoms with van der Waals surface area (Å²) in [6.45, 7) is 9.28. The van der Waals surface area contributed by atoms with Crippen LogP contribution in [-0.2, 0) is 29.0 Å². The molecule has 0 aliphatic carbocycles. The Bertz CT molecular complexity index is 1020. The third-order valence-electron chi connectivity index (χ3n) is 5.27. The van der Waals surface area contributed by atoms with Gasteiger partial charge in [0.1, 0.15) is 12.4 Å². The normalized spacial score (nSPS) is 18.5. The molecule has 0 bridgehead atoms. The maximum absolute atomic E-state index is 13.4. The number of carbonyl (C=O) groups is 3. The Morgan fingerprint density at radius 3 is 2.17 bits per heavy atom. The van der Waals surface area contributed by atoms with E-state index >= 15 is 0 Å². The minimum absolute atomic E-state index is 0.109. The number of cyclic esters (lactones) is 1. The SMILES string of the molecule is CCN(CC)CCN1OC(=O)/C=C/C(=O)OC(COc2ccc(S(C)(=O)=O)cc2)N(C(C)C)C1=O. The molecule has 1 aliphatic rings. The molecule has 1 unspecified atom stereocenters. The maximum atomic E-state index is 13.4. The van der Waals surface area contributed by atoms with Gasteiger partial charge < -0.3 is 19.2 Å². The van der Waals surface area contributed by atoms with Gasteiger partial charge >= 0.3 is 18.0 Å². The van der Waals surface area contributed by atoms with Crippen LogP contribution in [0.1, 0.15) is 27.7 Å². The molecule has 0 saturated carbocycles. The number of rotatable bonds is 10. The fourth-order valence-electron chi connectivity index (χ4n) is 3.33. The molecule has 194 valence electrons. The van der Waals surface area contributed by atoms with Gasteiger partial charge in [-0.25, -0.2) is 22.8 Å². The highest BCUT2D eigenvalue weighted by Gasteiger charge is 2.35. The topological polar surface area (TPSA) is 123 Å². The van der Waals surface area contributed by atoms with E-state index in [0.29, 0.717) is 12.3 Å². The van der Waals surface area contributed by atoms with Gasteiger partial charge in [-0.3, -0.25) is 4.90 Å². The molecule has 0 saturated heterocycles. The van der Waals surface area contributed by atoms with Gasteiger partial charge in [-0.05, 0) is 51.2 Å². The van der Waals surface area contributed by atoms with Crippen LogP contribution in [0, 0.1) is 0 Å². The lowest BCUT2D eigenvalue weighted by Gasteiger charge is -2.37. The molecule has 0 spiro atoms. The minimum Gasteiger partial charge on any atom is -0.488 e. The first kappa shape index (κ1) is 28.1. The van der Waals surface area contributed by atoms with E-state index in [2.05, 4.69) is 4.90 Å². The third-order valence-corrected chi connectivity index (χ3v) is 6.40. The van der Waals surface area contributed by atoms with Gasteiger partial charge in [-0.2, -0.15) is 5.06 Å². The number of likely N-dealkylation sites (N-methyl/N-ethyl adjacent to an activating group) is 1. The van der Waals surface area contributed by atoms with Crippen LogP contribution in [-0.4, -0.2) is 92.6 Å². The second kappa shape index (κ2) is 12.5. The van der Waals surface area contributed by atoms with Crippen LogP contribution >= 0.6 is 0 Å². The molecular weight excluding hydrogens is 478 g/mol. The molecule has 1 heterocycles. The first-order valence-electron chi connectivity index (χ1n) is 11.3.